The number of esters is 1. The Kier molecular flexibility index (Phi) is 10.1. The fourth-order valence-electron chi connectivity index (χ4n) is 5.07. The molecule has 1 spiro atoms. The van der Waals surface area contributed by atoms with Crippen LogP contribution in [0, 0.1) is 5.92 Å². The van der Waals surface area contributed by atoms with E-state index in [0.717, 1.165) is 24.8 Å². The van der Waals surface area contributed by atoms with Crippen molar-refractivity contribution in [2.45, 2.75) is 109 Å². The number of epoxide rings is 1. The van der Waals surface area contributed by atoms with Crippen molar-refractivity contribution in [2.24, 2.45) is 5.92 Å². The van der Waals surface area contributed by atoms with Gasteiger partial charge in [-0.15, -0.1) is 0 Å². The van der Waals surface area contributed by atoms with E-state index in [1.54, 1.807) is 13.0 Å². The molecule has 2 N–H and O–H groups in total. The Hall–Kier alpha value is -2.49. The van der Waals surface area contributed by atoms with Gasteiger partial charge in [0.05, 0.1) is 49.1 Å². The van der Waals surface area contributed by atoms with Gasteiger partial charge in [-0.3, -0.25) is 14.4 Å². The van der Waals surface area contributed by atoms with Crippen LogP contribution in [0.2, 0.25) is 0 Å². The highest BCUT2D eigenvalue weighted by Crippen LogP contribution is 2.43. The zero-order chi connectivity index (χ0) is 27.2. The minimum atomic E-state index is -0.857. The Bertz CT molecular complexity index is 921. The summed E-state index contributed by atoms with van der Waals surface area (Å²) < 4.78 is 22.8. The molecule has 0 aromatic rings. The van der Waals surface area contributed by atoms with E-state index >= 15 is 0 Å². The fraction of sp³-hybridized carbons (Fsp3) is 0.679. The van der Waals surface area contributed by atoms with Crippen LogP contribution in [0.15, 0.2) is 36.0 Å². The van der Waals surface area contributed by atoms with E-state index in [1.165, 1.54) is 13.0 Å². The molecule has 37 heavy (non-hydrogen) atoms. The topological polar surface area (TPSA) is 124 Å². The molecule has 206 valence electrons. The minimum Gasteiger partial charge on any atom is -0.481 e. The lowest BCUT2D eigenvalue weighted by Gasteiger charge is -2.39. The number of rotatable bonds is 10. The van der Waals surface area contributed by atoms with Gasteiger partial charge in [0, 0.05) is 25.8 Å². The minimum absolute atomic E-state index is 0.00942. The van der Waals surface area contributed by atoms with Crippen molar-refractivity contribution in [1.29, 1.82) is 0 Å². The Balaban J connectivity index is 1.46. The molecule has 3 aliphatic heterocycles. The molecule has 3 rings (SSSR count). The number of allylic oxidation sites excluding steroid dienone is 2. The molecule has 3 aliphatic rings. The largest absolute Gasteiger partial charge is 0.481 e. The predicted molar refractivity (Wildman–Crippen MR) is 137 cm³/mol. The summed E-state index contributed by atoms with van der Waals surface area (Å²) in [6.45, 7) is 9.83. The second kappa shape index (κ2) is 12.8. The third kappa shape index (κ3) is 9.39. The van der Waals surface area contributed by atoms with Gasteiger partial charge in [0.25, 0.3) is 0 Å². The van der Waals surface area contributed by atoms with E-state index in [-0.39, 0.29) is 60.3 Å². The lowest BCUT2D eigenvalue weighted by Crippen LogP contribution is -2.50. The van der Waals surface area contributed by atoms with Crippen molar-refractivity contribution < 1.29 is 38.4 Å². The van der Waals surface area contributed by atoms with Crippen molar-refractivity contribution in [2.75, 3.05) is 6.61 Å². The highest BCUT2D eigenvalue weighted by Gasteiger charge is 2.51. The van der Waals surface area contributed by atoms with E-state index in [2.05, 4.69) is 18.3 Å². The molecule has 1 amide bonds. The zero-order valence-corrected chi connectivity index (χ0v) is 22.5. The summed E-state index contributed by atoms with van der Waals surface area (Å²) in [4.78, 5) is 34.4. The van der Waals surface area contributed by atoms with Gasteiger partial charge in [-0.1, -0.05) is 30.7 Å². The molecule has 3 saturated heterocycles. The van der Waals surface area contributed by atoms with Gasteiger partial charge in [0.2, 0.25) is 5.91 Å². The molecule has 0 unspecified atom stereocenters. The van der Waals surface area contributed by atoms with E-state index in [9.17, 15) is 14.4 Å². The number of hydrogen-bond acceptors (Lipinski definition) is 7. The maximum Gasteiger partial charge on any atom is 0.305 e. The second-order valence-electron chi connectivity index (χ2n) is 10.7. The van der Waals surface area contributed by atoms with Crippen LogP contribution in [0.4, 0.5) is 0 Å². The van der Waals surface area contributed by atoms with E-state index in [4.69, 9.17) is 24.1 Å². The number of carboxylic acid groups (broad SMARTS) is 1. The van der Waals surface area contributed by atoms with Gasteiger partial charge in [0.15, 0.2) is 0 Å². The molecule has 0 bridgehead atoms. The van der Waals surface area contributed by atoms with Crippen molar-refractivity contribution in [1.82, 2.24) is 5.32 Å². The quantitative estimate of drug-likeness (QED) is 0.195. The smallest absolute Gasteiger partial charge is 0.305 e. The van der Waals surface area contributed by atoms with E-state index in [0.29, 0.717) is 13.0 Å². The van der Waals surface area contributed by atoms with Crippen molar-refractivity contribution >= 4 is 17.8 Å². The molecular formula is C28H41NO8. The van der Waals surface area contributed by atoms with Gasteiger partial charge < -0.3 is 29.4 Å². The summed E-state index contributed by atoms with van der Waals surface area (Å²) in [5.74, 6) is -1.23. The number of amides is 1. The molecule has 9 heteroatoms. The Labute approximate surface area is 219 Å². The number of hydrogen-bond donors (Lipinski definition) is 2. The second-order valence-corrected chi connectivity index (χ2v) is 10.7. The first-order valence-corrected chi connectivity index (χ1v) is 13.1. The third-order valence-electron chi connectivity index (χ3n) is 7.16. The zero-order valence-electron chi connectivity index (χ0n) is 22.5. The SMILES string of the molecule is CC(=O)O[C@@H](C)/C=C\C(=O)N[C@@H]1C[C@H](C)[C@H](C/C=C(C)/C=C/[C@@H]2C[C@]3(CO3)C[C@@H](CC(=O)O)O2)O[C@@H]1C. The van der Waals surface area contributed by atoms with Crippen LogP contribution in [-0.2, 0) is 33.3 Å². The van der Waals surface area contributed by atoms with Crippen LogP contribution in [0.25, 0.3) is 0 Å². The fourth-order valence-corrected chi connectivity index (χ4v) is 5.07. The van der Waals surface area contributed by atoms with Crippen LogP contribution in [0.1, 0.15) is 66.7 Å². The first-order chi connectivity index (χ1) is 17.4. The van der Waals surface area contributed by atoms with E-state index in [1.807, 2.05) is 26.0 Å². The molecule has 0 radical (unpaired) electrons. The number of carbonyl (C=O) groups excluding carboxylic acids is 2. The molecule has 8 atom stereocenters. The number of ether oxygens (including phenoxy) is 4. The summed E-state index contributed by atoms with van der Waals surface area (Å²) in [7, 11) is 0. The highest BCUT2D eigenvalue weighted by molar-refractivity contribution is 5.87. The average Bonchev–Trinajstić information content (AvgIpc) is 3.54. The predicted octanol–water partition coefficient (Wildman–Crippen LogP) is 3.48. The summed E-state index contributed by atoms with van der Waals surface area (Å²) in [6, 6.07) is -0.100. The maximum absolute atomic E-state index is 12.3. The standard InChI is InChI=1S/C28H41NO8/c1-17(6-9-22-14-28(16-34-28)15-23(37-22)13-27(32)33)7-10-25-18(2)12-24(20(4)36-25)29-26(31)11-8-19(3)35-21(5)30/h6-9,11,18-20,22-25H,10,12-16H2,1-5H3,(H,29,31)(H,32,33)/b9-6+,11-8-,17-7+/t18-,19-,20+,22+,23+,24+,25-,28+/m0/s1. The number of aliphatic carboxylic acids is 1. The lowest BCUT2D eigenvalue weighted by molar-refractivity contribution is -0.144. The average molecular weight is 520 g/mol. The Morgan fingerprint density at radius 1 is 1.16 bits per heavy atom. The van der Waals surface area contributed by atoms with Crippen molar-refractivity contribution in [3.05, 3.63) is 36.0 Å². The first kappa shape index (κ1) is 29.1. The van der Waals surface area contributed by atoms with Crippen LogP contribution in [0.3, 0.4) is 0 Å². The molecule has 0 aliphatic carbocycles. The number of carboxylic acids is 1. The summed E-state index contributed by atoms with van der Waals surface area (Å²) >= 11 is 0. The van der Waals surface area contributed by atoms with Gasteiger partial charge in [-0.2, -0.15) is 0 Å². The van der Waals surface area contributed by atoms with Gasteiger partial charge in [-0.05, 0) is 45.6 Å². The van der Waals surface area contributed by atoms with E-state index < -0.39 is 12.1 Å². The summed E-state index contributed by atoms with van der Waals surface area (Å²) in [6.07, 6.45) is 11.0. The first-order valence-electron chi connectivity index (χ1n) is 13.1. The molecule has 3 fully saturated rings. The Morgan fingerprint density at radius 2 is 1.89 bits per heavy atom. The Morgan fingerprint density at radius 3 is 2.54 bits per heavy atom. The van der Waals surface area contributed by atoms with Crippen LogP contribution in [0.5, 0.6) is 0 Å². The molecule has 0 aromatic heterocycles. The molecule has 0 saturated carbocycles. The molecule has 3 heterocycles. The third-order valence-corrected chi connectivity index (χ3v) is 7.16. The normalized spacial score (nSPS) is 35.0. The van der Waals surface area contributed by atoms with Crippen LogP contribution in [-0.4, -0.2) is 71.7 Å². The van der Waals surface area contributed by atoms with Gasteiger partial charge >= 0.3 is 11.9 Å². The van der Waals surface area contributed by atoms with Gasteiger partial charge in [0.1, 0.15) is 6.10 Å². The van der Waals surface area contributed by atoms with Crippen LogP contribution < -0.4 is 5.32 Å². The molecule has 0 aromatic carbocycles. The lowest BCUT2D eigenvalue weighted by atomic mass is 9.88. The summed E-state index contributed by atoms with van der Waals surface area (Å²) in [5, 5.41) is 12.1. The molecular weight excluding hydrogens is 478 g/mol. The van der Waals surface area contributed by atoms with Crippen molar-refractivity contribution in [3.63, 3.8) is 0 Å². The highest BCUT2D eigenvalue weighted by atomic mass is 16.6. The number of nitrogens with one attached hydrogen (secondary N) is 1. The van der Waals surface area contributed by atoms with Crippen molar-refractivity contribution in [3.8, 4) is 0 Å². The van der Waals surface area contributed by atoms with Gasteiger partial charge in [-0.25, -0.2) is 0 Å². The monoisotopic (exact) mass is 519 g/mol. The maximum atomic E-state index is 12.3. The van der Waals surface area contributed by atoms with Crippen LogP contribution >= 0.6 is 0 Å². The number of carbonyl (C=O) groups is 3. The molecule has 9 nitrogen and oxygen atoms in total. The summed E-state index contributed by atoms with van der Waals surface area (Å²) in [5.41, 5.74) is 0.870.